The Morgan fingerprint density at radius 2 is 1.50 bits per heavy atom. The summed E-state index contributed by atoms with van der Waals surface area (Å²) in [4.78, 5) is 67.5. The first-order chi connectivity index (χ1) is 11.9. The highest BCUT2D eigenvalue weighted by molar-refractivity contribution is 5.95. The zero-order valence-corrected chi connectivity index (χ0v) is 13.9. The molecule has 0 aliphatic rings. The van der Waals surface area contributed by atoms with Gasteiger partial charge in [0.1, 0.15) is 12.1 Å². The maximum atomic E-state index is 12.0. The average molecular weight is 375 g/mol. The third-order valence-corrected chi connectivity index (χ3v) is 2.89. The summed E-state index contributed by atoms with van der Waals surface area (Å²) in [6.07, 6.45) is -1.41. The van der Waals surface area contributed by atoms with Crippen LogP contribution in [0.1, 0.15) is 19.8 Å². The molecule has 0 rings (SSSR count). The number of hydrogen-bond acceptors (Lipinski definition) is 7. The predicted octanol–water partition coefficient (Wildman–Crippen LogP) is -4.15. The third kappa shape index (κ3) is 9.17. The van der Waals surface area contributed by atoms with Crippen LogP contribution >= 0.6 is 0 Å². The van der Waals surface area contributed by atoms with Crippen LogP contribution in [0.25, 0.3) is 0 Å². The van der Waals surface area contributed by atoms with E-state index in [1.54, 1.807) is 0 Å². The van der Waals surface area contributed by atoms with Crippen LogP contribution in [0.15, 0.2) is 0 Å². The molecule has 0 fully saturated rings. The molecule has 4 amide bonds. The largest absolute Gasteiger partial charge is 0.481 e. The lowest BCUT2D eigenvalue weighted by Gasteiger charge is -2.18. The number of aliphatic carboxylic acids is 2. The lowest BCUT2D eigenvalue weighted by Crippen LogP contribution is -2.54. The maximum absolute atomic E-state index is 12.0. The number of carbonyl (C=O) groups is 6. The first-order valence-corrected chi connectivity index (χ1v) is 7.30. The van der Waals surface area contributed by atoms with Crippen LogP contribution in [0.2, 0.25) is 0 Å². The van der Waals surface area contributed by atoms with Crippen molar-refractivity contribution < 1.29 is 39.0 Å². The summed E-state index contributed by atoms with van der Waals surface area (Å²) in [6, 6.07) is -4.03. The lowest BCUT2D eigenvalue weighted by atomic mass is 10.1. The summed E-state index contributed by atoms with van der Waals surface area (Å²) >= 11 is 0. The van der Waals surface area contributed by atoms with Gasteiger partial charge in [-0.2, -0.15) is 0 Å². The van der Waals surface area contributed by atoms with Gasteiger partial charge in [-0.1, -0.05) is 0 Å². The van der Waals surface area contributed by atoms with E-state index in [-0.39, 0.29) is 0 Å². The Hall–Kier alpha value is -3.22. The Morgan fingerprint density at radius 1 is 0.923 bits per heavy atom. The minimum atomic E-state index is -1.68. The lowest BCUT2D eigenvalue weighted by molar-refractivity contribution is -0.147. The monoisotopic (exact) mass is 375 g/mol. The van der Waals surface area contributed by atoms with Crippen molar-refractivity contribution in [3.8, 4) is 0 Å². The summed E-state index contributed by atoms with van der Waals surface area (Å²) < 4.78 is 0. The molecule has 0 aliphatic carbocycles. The molecule has 3 unspecified atom stereocenters. The molecule has 0 radical (unpaired) electrons. The van der Waals surface area contributed by atoms with Crippen LogP contribution in [-0.2, 0) is 28.8 Å². The molecule has 0 heterocycles. The van der Waals surface area contributed by atoms with Crippen molar-refractivity contribution in [3.63, 3.8) is 0 Å². The quantitative estimate of drug-likeness (QED) is 0.185. The summed E-state index contributed by atoms with van der Waals surface area (Å²) in [5.74, 6) is -6.55. The van der Waals surface area contributed by atoms with Crippen molar-refractivity contribution in [3.05, 3.63) is 0 Å². The fourth-order valence-corrected chi connectivity index (χ4v) is 1.62. The second-order valence-corrected chi connectivity index (χ2v) is 5.29. The van der Waals surface area contributed by atoms with Gasteiger partial charge in [-0.15, -0.1) is 0 Å². The SMILES string of the molecule is CC(N)C(=O)NC(CC(N)=O)C(=O)NCC(=O)NC(CC(=O)O)C(=O)O. The van der Waals surface area contributed by atoms with Gasteiger partial charge in [0.15, 0.2) is 0 Å². The molecule has 146 valence electrons. The number of nitrogens with two attached hydrogens (primary N) is 2. The average Bonchev–Trinajstić information content (AvgIpc) is 2.50. The third-order valence-electron chi connectivity index (χ3n) is 2.89. The molecule has 26 heavy (non-hydrogen) atoms. The maximum Gasteiger partial charge on any atom is 0.326 e. The smallest absolute Gasteiger partial charge is 0.326 e. The highest BCUT2D eigenvalue weighted by atomic mass is 16.4. The van der Waals surface area contributed by atoms with Crippen LogP contribution in [0.5, 0.6) is 0 Å². The number of rotatable bonds is 11. The Morgan fingerprint density at radius 3 is 1.92 bits per heavy atom. The van der Waals surface area contributed by atoms with Gasteiger partial charge in [-0.05, 0) is 6.92 Å². The zero-order valence-electron chi connectivity index (χ0n) is 13.9. The Kier molecular flexibility index (Phi) is 9.29. The van der Waals surface area contributed by atoms with Gasteiger partial charge < -0.3 is 37.6 Å². The number of carbonyl (C=O) groups excluding carboxylic acids is 4. The number of amides is 4. The van der Waals surface area contributed by atoms with E-state index >= 15 is 0 Å². The first-order valence-electron chi connectivity index (χ1n) is 7.30. The number of hydrogen-bond donors (Lipinski definition) is 7. The van der Waals surface area contributed by atoms with Gasteiger partial charge in [0.05, 0.1) is 25.4 Å². The van der Waals surface area contributed by atoms with E-state index in [0.717, 1.165) is 0 Å². The highest BCUT2D eigenvalue weighted by Gasteiger charge is 2.26. The van der Waals surface area contributed by atoms with Crippen LogP contribution in [0.4, 0.5) is 0 Å². The fraction of sp³-hybridized carbons (Fsp3) is 0.538. The van der Waals surface area contributed by atoms with Crippen molar-refractivity contribution in [1.29, 1.82) is 0 Å². The van der Waals surface area contributed by atoms with E-state index in [4.69, 9.17) is 21.7 Å². The number of carboxylic acids is 2. The molecule has 0 aromatic rings. The van der Waals surface area contributed by atoms with Crippen molar-refractivity contribution in [2.45, 2.75) is 37.9 Å². The van der Waals surface area contributed by atoms with Crippen molar-refractivity contribution in [1.82, 2.24) is 16.0 Å². The molecule has 13 nitrogen and oxygen atoms in total. The molecular formula is C13H21N5O8. The van der Waals surface area contributed by atoms with Crippen LogP contribution in [-0.4, -0.2) is 70.5 Å². The first kappa shape index (κ1) is 22.8. The fourth-order valence-electron chi connectivity index (χ4n) is 1.62. The molecule has 13 heteroatoms. The summed E-state index contributed by atoms with van der Waals surface area (Å²) in [5, 5.41) is 23.5. The molecule has 0 saturated heterocycles. The highest BCUT2D eigenvalue weighted by Crippen LogP contribution is 1.95. The second kappa shape index (κ2) is 10.6. The van der Waals surface area contributed by atoms with E-state index in [2.05, 4.69) is 10.6 Å². The van der Waals surface area contributed by atoms with Crippen LogP contribution in [0.3, 0.4) is 0 Å². The van der Waals surface area contributed by atoms with E-state index in [9.17, 15) is 28.8 Å². The van der Waals surface area contributed by atoms with Crippen molar-refractivity contribution in [2.24, 2.45) is 11.5 Å². The second-order valence-electron chi connectivity index (χ2n) is 5.29. The summed E-state index contributed by atoms with van der Waals surface area (Å²) in [6.45, 7) is 0.627. The molecule has 0 aromatic heterocycles. The molecular weight excluding hydrogens is 354 g/mol. The Labute approximate surface area is 147 Å². The normalized spacial score (nSPS) is 13.6. The van der Waals surface area contributed by atoms with Crippen molar-refractivity contribution in [2.75, 3.05) is 6.54 Å². The van der Waals surface area contributed by atoms with E-state index in [1.807, 2.05) is 5.32 Å². The number of nitrogens with one attached hydrogen (secondary N) is 3. The van der Waals surface area contributed by atoms with Gasteiger partial charge in [0, 0.05) is 0 Å². The minimum absolute atomic E-state index is 0.553. The molecule has 3 atom stereocenters. The number of carboxylic acid groups (broad SMARTS) is 2. The van der Waals surface area contributed by atoms with Crippen molar-refractivity contribution >= 4 is 35.6 Å². The van der Waals surface area contributed by atoms with Crippen LogP contribution in [0, 0.1) is 0 Å². The molecule has 0 bridgehead atoms. The molecule has 0 spiro atoms. The van der Waals surface area contributed by atoms with Gasteiger partial charge in [0.25, 0.3) is 0 Å². The van der Waals surface area contributed by atoms with Crippen LogP contribution < -0.4 is 27.4 Å². The van der Waals surface area contributed by atoms with Gasteiger partial charge >= 0.3 is 11.9 Å². The minimum Gasteiger partial charge on any atom is -0.481 e. The summed E-state index contributed by atoms with van der Waals surface area (Å²) in [5.41, 5.74) is 10.3. The van der Waals surface area contributed by atoms with E-state index in [0.29, 0.717) is 0 Å². The van der Waals surface area contributed by atoms with E-state index in [1.165, 1.54) is 6.92 Å². The Bertz CT molecular complexity index is 591. The van der Waals surface area contributed by atoms with Gasteiger partial charge in [-0.3, -0.25) is 24.0 Å². The standard InChI is InChI=1S/C13H21N5O8/c1-5(14)11(23)18-6(2-8(15)19)12(24)16-4-9(20)17-7(13(25)26)3-10(21)22/h5-7H,2-4,14H2,1H3,(H2,15,19)(H,16,24)(H,17,20)(H,18,23)(H,21,22)(H,25,26). The Balaban J connectivity index is 4.75. The van der Waals surface area contributed by atoms with E-state index < -0.39 is 73.1 Å². The molecule has 0 aromatic carbocycles. The molecule has 0 aliphatic heterocycles. The molecule has 9 N–H and O–H groups in total. The predicted molar refractivity (Wildman–Crippen MR) is 84.2 cm³/mol. The summed E-state index contributed by atoms with van der Waals surface area (Å²) in [7, 11) is 0. The van der Waals surface area contributed by atoms with Gasteiger partial charge in [-0.25, -0.2) is 4.79 Å². The number of primary amides is 1. The van der Waals surface area contributed by atoms with Gasteiger partial charge in [0.2, 0.25) is 23.6 Å². The molecule has 0 saturated carbocycles. The topological polar surface area (TPSA) is 231 Å². The zero-order chi connectivity index (χ0) is 20.4.